The van der Waals surface area contributed by atoms with Crippen molar-refractivity contribution >= 4 is 41.4 Å². The molecule has 2 saturated heterocycles. The van der Waals surface area contributed by atoms with E-state index in [1.54, 1.807) is 4.90 Å². The van der Waals surface area contributed by atoms with Gasteiger partial charge in [0, 0.05) is 32.5 Å². The summed E-state index contributed by atoms with van der Waals surface area (Å²) in [5.41, 5.74) is -0.753. The second-order valence-corrected chi connectivity index (χ2v) is 18.6. The number of hydrogen-bond acceptors (Lipinski definition) is 7. The van der Waals surface area contributed by atoms with E-state index in [-0.39, 0.29) is 59.9 Å². The topological polar surface area (TPSA) is 174 Å². The number of ketones is 1. The van der Waals surface area contributed by atoms with E-state index in [1.807, 2.05) is 34.6 Å². The number of rotatable bonds is 15. The minimum absolute atomic E-state index is 0.0442. The first-order chi connectivity index (χ1) is 26.0. The van der Waals surface area contributed by atoms with Gasteiger partial charge in [-0.1, -0.05) is 85.6 Å². The Balaban J connectivity index is 1.33. The number of carbonyl (C=O) groups is 7. The van der Waals surface area contributed by atoms with Crippen molar-refractivity contribution in [2.75, 3.05) is 19.6 Å². The fraction of sp³-hybridized carbons (Fsp3) is 0.786. The molecule has 0 aromatic rings. The van der Waals surface area contributed by atoms with Crippen LogP contribution in [-0.4, -0.2) is 95.0 Å². The third-order valence-corrected chi connectivity index (χ3v) is 13.1. The van der Waals surface area contributed by atoms with E-state index in [1.165, 1.54) is 11.0 Å². The molecule has 5 aliphatic rings. The van der Waals surface area contributed by atoms with Crippen molar-refractivity contribution in [2.24, 2.45) is 34.5 Å². The summed E-state index contributed by atoms with van der Waals surface area (Å²) in [6, 6.07) is -3.94. The molecule has 5 fully saturated rings. The minimum atomic E-state index is -1.01. The maximum absolute atomic E-state index is 14.8. The average Bonchev–Trinajstić information content (AvgIpc) is 3.65. The molecule has 0 bridgehead atoms. The van der Waals surface area contributed by atoms with Crippen molar-refractivity contribution in [3.63, 3.8) is 0 Å². The van der Waals surface area contributed by atoms with Crippen LogP contribution in [0, 0.1) is 34.5 Å². The molecule has 13 heteroatoms. The van der Waals surface area contributed by atoms with E-state index in [9.17, 15) is 33.6 Å². The second-order valence-electron chi connectivity index (χ2n) is 18.6. The molecule has 2 heterocycles. The summed E-state index contributed by atoms with van der Waals surface area (Å²) in [5, 5.41) is 11.5. The SMILES string of the molecule is C=CCNC(=O)C(=O)C(CC1CC1)NC(=O)[C@@H]1[C@@H](C(C)C)CCN1C(=O)[C@@H](NC(=O)N[C@H](CN1C(=O)CC2(CCCC2)CC1=O)C(C)(C)C)C1CCCCC1. The molecule has 7 amide bonds. The Bertz CT molecular complexity index is 1450. The number of hydrogen-bond donors (Lipinski definition) is 4. The van der Waals surface area contributed by atoms with Gasteiger partial charge in [0.05, 0.1) is 12.1 Å². The smallest absolute Gasteiger partial charge is 0.315 e. The van der Waals surface area contributed by atoms with Gasteiger partial charge in [-0.05, 0) is 73.0 Å². The van der Waals surface area contributed by atoms with Crippen LogP contribution in [0.1, 0.15) is 131 Å². The zero-order valence-electron chi connectivity index (χ0n) is 33.9. The maximum atomic E-state index is 14.8. The first-order valence-corrected chi connectivity index (χ1v) is 21.0. The molecule has 3 aliphatic carbocycles. The number of nitrogens with zero attached hydrogens (tertiary/aromatic N) is 2. The molecule has 13 nitrogen and oxygen atoms in total. The van der Waals surface area contributed by atoms with Gasteiger partial charge in [0.15, 0.2) is 0 Å². The van der Waals surface area contributed by atoms with Gasteiger partial charge in [-0.15, -0.1) is 6.58 Å². The number of amides is 7. The van der Waals surface area contributed by atoms with Crippen LogP contribution < -0.4 is 21.3 Å². The number of urea groups is 1. The predicted octanol–water partition coefficient (Wildman–Crippen LogP) is 4.39. The number of Topliss-reactive ketones (excluding diaryl/α,β-unsaturated/α-hetero) is 1. The zero-order valence-corrected chi connectivity index (χ0v) is 33.9. The Morgan fingerprint density at radius 1 is 0.873 bits per heavy atom. The molecule has 55 heavy (non-hydrogen) atoms. The normalized spacial score (nSPS) is 24.7. The van der Waals surface area contributed by atoms with Crippen molar-refractivity contribution in [3.05, 3.63) is 12.7 Å². The summed E-state index contributed by atoms with van der Waals surface area (Å²) in [6.45, 7) is 13.9. The first-order valence-electron chi connectivity index (χ1n) is 21.0. The molecule has 5 rings (SSSR count). The third-order valence-electron chi connectivity index (χ3n) is 13.1. The van der Waals surface area contributed by atoms with Crippen LogP contribution in [0.5, 0.6) is 0 Å². The highest BCUT2D eigenvalue weighted by Crippen LogP contribution is 2.47. The lowest BCUT2D eigenvalue weighted by atomic mass is 9.76. The van der Waals surface area contributed by atoms with Crippen molar-refractivity contribution in [3.8, 4) is 0 Å². The van der Waals surface area contributed by atoms with Crippen LogP contribution in [0.25, 0.3) is 0 Å². The van der Waals surface area contributed by atoms with Crippen molar-refractivity contribution < 1.29 is 33.6 Å². The number of likely N-dealkylation sites (tertiary alicyclic amines) is 2. The monoisotopic (exact) mass is 766 g/mol. The molecule has 4 N–H and O–H groups in total. The standard InChI is InChI=1S/C42H66N6O7/c1-7-20-43-38(53)36(51)30(22-27-15-16-27)44-37(52)35-29(26(2)3)17-21-47(35)39(54)34(28-13-9-8-10-14-28)46-40(55)45-31(41(4,5)6)25-48-32(49)23-42(24-33(48)50)18-11-12-19-42/h7,26-31,34-35H,1,8-25H2,2-6H3,(H,43,53)(H,44,52)(H2,45,46,55)/t29-,30?,31-,34+,35+/m1/s1. The van der Waals surface area contributed by atoms with E-state index in [2.05, 4.69) is 27.8 Å². The molecule has 5 atom stereocenters. The Morgan fingerprint density at radius 2 is 1.51 bits per heavy atom. The Kier molecular flexibility index (Phi) is 13.9. The lowest BCUT2D eigenvalue weighted by molar-refractivity contribution is -0.154. The molecule has 0 radical (unpaired) electrons. The van der Waals surface area contributed by atoms with Crippen LogP contribution in [0.15, 0.2) is 12.7 Å². The summed E-state index contributed by atoms with van der Waals surface area (Å²) in [6.07, 6.45) is 13.2. The number of nitrogens with one attached hydrogen (secondary N) is 4. The van der Waals surface area contributed by atoms with Gasteiger partial charge in [0.2, 0.25) is 29.4 Å². The predicted molar refractivity (Wildman–Crippen MR) is 208 cm³/mol. The second kappa shape index (κ2) is 18.0. The zero-order chi connectivity index (χ0) is 40.1. The Labute approximate surface area is 327 Å². The minimum Gasteiger partial charge on any atom is -0.346 e. The van der Waals surface area contributed by atoms with Gasteiger partial charge >= 0.3 is 6.03 Å². The van der Waals surface area contributed by atoms with E-state index in [0.717, 1.165) is 70.6 Å². The van der Waals surface area contributed by atoms with Gasteiger partial charge in [-0.25, -0.2) is 4.79 Å². The van der Waals surface area contributed by atoms with Crippen molar-refractivity contribution in [1.29, 1.82) is 0 Å². The molecule has 2 aliphatic heterocycles. The lowest BCUT2D eigenvalue weighted by Crippen LogP contribution is -2.62. The van der Waals surface area contributed by atoms with Crippen LogP contribution in [0.4, 0.5) is 4.79 Å². The van der Waals surface area contributed by atoms with E-state index in [4.69, 9.17) is 0 Å². The van der Waals surface area contributed by atoms with Crippen molar-refractivity contribution in [2.45, 2.75) is 155 Å². The largest absolute Gasteiger partial charge is 0.346 e. The van der Waals surface area contributed by atoms with Crippen molar-refractivity contribution in [1.82, 2.24) is 31.1 Å². The summed E-state index contributed by atoms with van der Waals surface area (Å²) in [4.78, 5) is 98.7. The van der Waals surface area contributed by atoms with Gasteiger partial charge in [0.25, 0.3) is 5.91 Å². The lowest BCUT2D eigenvalue weighted by Gasteiger charge is -2.41. The van der Waals surface area contributed by atoms with Crippen LogP contribution in [0.3, 0.4) is 0 Å². The van der Waals surface area contributed by atoms with Crippen LogP contribution in [0.2, 0.25) is 0 Å². The maximum Gasteiger partial charge on any atom is 0.315 e. The molecule has 3 saturated carbocycles. The van der Waals surface area contributed by atoms with Crippen LogP contribution in [-0.2, 0) is 28.8 Å². The van der Waals surface area contributed by atoms with E-state index < -0.39 is 53.2 Å². The number of piperidine rings is 1. The van der Waals surface area contributed by atoms with Gasteiger partial charge < -0.3 is 26.2 Å². The fourth-order valence-corrected chi connectivity index (χ4v) is 9.49. The summed E-state index contributed by atoms with van der Waals surface area (Å²) in [5.74, 6) is -2.73. The molecular weight excluding hydrogens is 700 g/mol. The molecule has 1 spiro atoms. The Morgan fingerprint density at radius 3 is 2.07 bits per heavy atom. The molecular formula is C42H66N6O7. The third kappa shape index (κ3) is 10.6. The van der Waals surface area contributed by atoms with Gasteiger partial charge in [-0.2, -0.15) is 0 Å². The highest BCUT2D eigenvalue weighted by molar-refractivity contribution is 6.38. The summed E-state index contributed by atoms with van der Waals surface area (Å²) < 4.78 is 0. The summed E-state index contributed by atoms with van der Waals surface area (Å²) in [7, 11) is 0. The average molecular weight is 767 g/mol. The van der Waals surface area contributed by atoms with Crippen LogP contribution >= 0.6 is 0 Å². The summed E-state index contributed by atoms with van der Waals surface area (Å²) >= 11 is 0. The molecule has 0 aromatic heterocycles. The Hall–Kier alpha value is -3.77. The number of carbonyl (C=O) groups excluding carboxylic acids is 7. The quantitative estimate of drug-likeness (QED) is 0.109. The molecule has 306 valence electrons. The highest BCUT2D eigenvalue weighted by atomic mass is 16.2. The molecule has 1 unspecified atom stereocenters. The fourth-order valence-electron chi connectivity index (χ4n) is 9.49. The number of imide groups is 1. The van der Waals surface area contributed by atoms with E-state index >= 15 is 0 Å². The van der Waals surface area contributed by atoms with Gasteiger partial charge in [0.1, 0.15) is 12.1 Å². The first kappa shape index (κ1) is 42.4. The molecule has 0 aromatic carbocycles. The highest BCUT2D eigenvalue weighted by Gasteiger charge is 2.49. The van der Waals surface area contributed by atoms with E-state index in [0.29, 0.717) is 32.2 Å². The van der Waals surface area contributed by atoms with Gasteiger partial charge in [-0.3, -0.25) is 33.7 Å².